The smallest absolute Gasteiger partial charge is 0.280 e. The van der Waals surface area contributed by atoms with Crippen LogP contribution in [-0.4, -0.2) is 26.0 Å². The summed E-state index contributed by atoms with van der Waals surface area (Å²) in [5.74, 6) is 0.396. The fourth-order valence-electron chi connectivity index (χ4n) is 2.46. The summed E-state index contributed by atoms with van der Waals surface area (Å²) in [6.45, 7) is 2.46. The van der Waals surface area contributed by atoms with E-state index in [1.54, 1.807) is 17.6 Å². The van der Waals surface area contributed by atoms with Gasteiger partial charge in [0.15, 0.2) is 5.01 Å². The number of nitrogens with zero attached hydrogens (tertiary/aromatic N) is 4. The van der Waals surface area contributed by atoms with E-state index < -0.39 is 0 Å². The Morgan fingerprint density at radius 3 is 2.78 bits per heavy atom. The Morgan fingerprint density at radius 1 is 1.11 bits per heavy atom. The lowest BCUT2D eigenvalue weighted by molar-refractivity contribution is 0.0950. The molecule has 1 aromatic carbocycles. The normalized spacial score (nSPS) is 10.7. The number of rotatable bonds is 5. The van der Waals surface area contributed by atoms with Crippen LogP contribution in [0.3, 0.4) is 0 Å². The molecule has 3 aromatic heterocycles. The van der Waals surface area contributed by atoms with E-state index in [0.717, 1.165) is 11.1 Å². The molecule has 3 heterocycles. The van der Waals surface area contributed by atoms with Crippen molar-refractivity contribution in [3.05, 3.63) is 70.2 Å². The molecule has 4 aromatic rings. The summed E-state index contributed by atoms with van der Waals surface area (Å²) >= 11 is 1.23. The van der Waals surface area contributed by atoms with Crippen molar-refractivity contribution in [1.29, 1.82) is 0 Å². The van der Waals surface area contributed by atoms with Crippen LogP contribution in [0.1, 0.15) is 20.9 Å². The summed E-state index contributed by atoms with van der Waals surface area (Å²) < 4.78 is 5.25. The first kappa shape index (κ1) is 17.0. The molecule has 0 spiro atoms. The van der Waals surface area contributed by atoms with Crippen molar-refractivity contribution in [1.82, 2.24) is 25.4 Å². The number of aromatic nitrogens is 4. The third-order valence-electron chi connectivity index (χ3n) is 3.94. The van der Waals surface area contributed by atoms with Crippen LogP contribution in [0.2, 0.25) is 0 Å². The van der Waals surface area contributed by atoms with Crippen molar-refractivity contribution in [3.8, 4) is 23.1 Å². The Bertz CT molecular complexity index is 1070. The van der Waals surface area contributed by atoms with Crippen LogP contribution in [0.5, 0.6) is 0 Å². The lowest BCUT2D eigenvalue weighted by Crippen LogP contribution is -2.23. The number of carbonyl (C=O) groups is 1. The molecule has 0 bridgehead atoms. The lowest BCUT2D eigenvalue weighted by atomic mass is 10.1. The van der Waals surface area contributed by atoms with Crippen LogP contribution in [0.4, 0.5) is 0 Å². The van der Waals surface area contributed by atoms with E-state index in [2.05, 4.69) is 25.4 Å². The Kier molecular flexibility index (Phi) is 4.71. The molecule has 0 aliphatic heterocycles. The third kappa shape index (κ3) is 3.75. The maximum Gasteiger partial charge on any atom is 0.280 e. The SMILES string of the molecule is Cc1ccccc1CNC(=O)c1nc(-c2nc(-c3ccccn3)no2)cs1. The highest BCUT2D eigenvalue weighted by atomic mass is 32.1. The first-order valence-electron chi connectivity index (χ1n) is 8.24. The number of hydrogen-bond acceptors (Lipinski definition) is 7. The second kappa shape index (κ2) is 7.46. The van der Waals surface area contributed by atoms with Crippen molar-refractivity contribution in [2.45, 2.75) is 13.5 Å². The molecule has 27 heavy (non-hydrogen) atoms. The number of aryl methyl sites for hydroxylation is 1. The highest BCUT2D eigenvalue weighted by Gasteiger charge is 2.17. The van der Waals surface area contributed by atoms with Crippen LogP contribution in [0.25, 0.3) is 23.1 Å². The second-order valence-electron chi connectivity index (χ2n) is 5.79. The fraction of sp³-hybridized carbons (Fsp3) is 0.105. The molecule has 8 heteroatoms. The number of carbonyl (C=O) groups excluding carboxylic acids is 1. The van der Waals surface area contributed by atoms with E-state index >= 15 is 0 Å². The van der Waals surface area contributed by atoms with Gasteiger partial charge in [-0.3, -0.25) is 9.78 Å². The molecule has 7 nitrogen and oxygen atoms in total. The maximum atomic E-state index is 12.4. The average Bonchev–Trinajstić information content (AvgIpc) is 3.37. The summed E-state index contributed by atoms with van der Waals surface area (Å²) in [5.41, 5.74) is 3.28. The molecule has 0 atom stereocenters. The third-order valence-corrected chi connectivity index (χ3v) is 4.78. The zero-order chi connectivity index (χ0) is 18.6. The van der Waals surface area contributed by atoms with Gasteiger partial charge in [0.1, 0.15) is 11.4 Å². The molecule has 0 radical (unpaired) electrons. The Hall–Kier alpha value is -3.39. The van der Waals surface area contributed by atoms with Crippen LogP contribution in [0, 0.1) is 6.92 Å². The van der Waals surface area contributed by atoms with Gasteiger partial charge in [-0.2, -0.15) is 4.98 Å². The number of nitrogens with one attached hydrogen (secondary N) is 1. The molecular formula is C19H15N5O2S. The van der Waals surface area contributed by atoms with Gasteiger partial charge in [-0.25, -0.2) is 4.98 Å². The summed E-state index contributed by atoms with van der Waals surface area (Å²) in [6, 6.07) is 13.4. The average molecular weight is 377 g/mol. The van der Waals surface area contributed by atoms with Gasteiger partial charge in [0.05, 0.1) is 0 Å². The monoisotopic (exact) mass is 377 g/mol. The van der Waals surface area contributed by atoms with Crippen molar-refractivity contribution in [3.63, 3.8) is 0 Å². The molecule has 0 aliphatic rings. The van der Waals surface area contributed by atoms with Crippen molar-refractivity contribution >= 4 is 17.2 Å². The van der Waals surface area contributed by atoms with E-state index in [-0.39, 0.29) is 11.8 Å². The largest absolute Gasteiger partial charge is 0.346 e. The molecule has 0 unspecified atom stereocenters. The van der Waals surface area contributed by atoms with E-state index in [9.17, 15) is 4.79 Å². The minimum absolute atomic E-state index is 0.237. The fourth-order valence-corrected chi connectivity index (χ4v) is 3.17. The summed E-state index contributed by atoms with van der Waals surface area (Å²) in [7, 11) is 0. The van der Waals surface area contributed by atoms with Crippen molar-refractivity contribution < 1.29 is 9.32 Å². The van der Waals surface area contributed by atoms with Gasteiger partial charge in [0.25, 0.3) is 11.8 Å². The van der Waals surface area contributed by atoms with Gasteiger partial charge in [0, 0.05) is 18.1 Å². The molecule has 0 saturated heterocycles. The summed E-state index contributed by atoms with van der Waals surface area (Å²) in [4.78, 5) is 25.2. The molecule has 0 aliphatic carbocycles. The van der Waals surface area contributed by atoms with Crippen molar-refractivity contribution in [2.24, 2.45) is 0 Å². The molecule has 1 amide bonds. The number of hydrogen-bond donors (Lipinski definition) is 1. The van der Waals surface area contributed by atoms with E-state index in [1.165, 1.54) is 11.3 Å². The molecule has 1 N–H and O–H groups in total. The number of amides is 1. The maximum absolute atomic E-state index is 12.4. The lowest BCUT2D eigenvalue weighted by Gasteiger charge is -2.06. The van der Waals surface area contributed by atoms with E-state index in [0.29, 0.717) is 28.8 Å². The van der Waals surface area contributed by atoms with Crippen LogP contribution in [0.15, 0.2) is 58.6 Å². The van der Waals surface area contributed by atoms with Crippen LogP contribution >= 0.6 is 11.3 Å². The quantitative estimate of drug-likeness (QED) is 0.572. The van der Waals surface area contributed by atoms with Gasteiger partial charge in [-0.05, 0) is 30.2 Å². The van der Waals surface area contributed by atoms with Gasteiger partial charge < -0.3 is 9.84 Å². The van der Waals surface area contributed by atoms with E-state index in [1.807, 2.05) is 43.3 Å². The number of benzene rings is 1. The minimum atomic E-state index is -0.237. The molecule has 134 valence electrons. The molecule has 4 rings (SSSR count). The van der Waals surface area contributed by atoms with Crippen molar-refractivity contribution in [2.75, 3.05) is 0 Å². The molecule has 0 fully saturated rings. The highest BCUT2D eigenvalue weighted by Crippen LogP contribution is 2.23. The Balaban J connectivity index is 1.46. The summed E-state index contributed by atoms with van der Waals surface area (Å²) in [6.07, 6.45) is 1.66. The predicted molar refractivity (Wildman–Crippen MR) is 101 cm³/mol. The van der Waals surface area contributed by atoms with Gasteiger partial charge >= 0.3 is 0 Å². The molecular weight excluding hydrogens is 362 g/mol. The topological polar surface area (TPSA) is 93.8 Å². The Labute approximate surface area is 159 Å². The highest BCUT2D eigenvalue weighted by molar-refractivity contribution is 7.12. The zero-order valence-electron chi connectivity index (χ0n) is 14.4. The van der Waals surface area contributed by atoms with Gasteiger partial charge in [-0.1, -0.05) is 35.5 Å². The number of pyridine rings is 1. The Morgan fingerprint density at radius 2 is 1.96 bits per heavy atom. The van der Waals surface area contributed by atoms with Crippen LogP contribution in [-0.2, 0) is 6.54 Å². The standard InChI is InChI=1S/C19H15N5O2S/c1-12-6-2-3-7-13(12)10-21-17(25)19-22-15(11-27-19)18-23-16(24-26-18)14-8-4-5-9-20-14/h2-9,11H,10H2,1H3,(H,21,25). The van der Waals surface area contributed by atoms with Crippen LogP contribution < -0.4 is 5.32 Å². The predicted octanol–water partition coefficient (Wildman–Crippen LogP) is 3.49. The first-order chi connectivity index (χ1) is 13.2. The first-order valence-corrected chi connectivity index (χ1v) is 9.12. The molecule has 0 saturated carbocycles. The minimum Gasteiger partial charge on any atom is -0.346 e. The van der Waals surface area contributed by atoms with Gasteiger partial charge in [0.2, 0.25) is 5.82 Å². The van der Waals surface area contributed by atoms with E-state index in [4.69, 9.17) is 4.52 Å². The van der Waals surface area contributed by atoms with Gasteiger partial charge in [-0.15, -0.1) is 11.3 Å². The second-order valence-corrected chi connectivity index (χ2v) is 6.64. The number of thiazole rings is 1. The zero-order valence-corrected chi connectivity index (χ0v) is 15.2. The summed E-state index contributed by atoms with van der Waals surface area (Å²) in [5, 5.41) is 8.87.